The molecule has 1 aromatic carbocycles. The van der Waals surface area contributed by atoms with Gasteiger partial charge in [0.15, 0.2) is 11.5 Å². The predicted octanol–water partition coefficient (Wildman–Crippen LogP) is 1.34. The molecule has 1 aromatic rings. The number of ether oxygens (including phenoxy) is 1. The lowest BCUT2D eigenvalue weighted by Crippen LogP contribution is -2.12. The lowest BCUT2D eigenvalue weighted by Gasteiger charge is -2.14. The fourth-order valence-electron chi connectivity index (χ4n) is 1.33. The molecule has 0 unspecified atom stereocenters. The lowest BCUT2D eigenvalue weighted by atomic mass is 10.0. The SMILES string of the molecule is COc1cc(F)cc([C@H](N)CCO)c1O.Cl. The van der Waals surface area contributed by atoms with Gasteiger partial charge in [0.25, 0.3) is 0 Å². The molecule has 0 aromatic heterocycles. The van der Waals surface area contributed by atoms with Crippen molar-refractivity contribution in [1.29, 1.82) is 0 Å². The van der Waals surface area contributed by atoms with Crippen molar-refractivity contribution in [2.75, 3.05) is 13.7 Å². The second-order valence-electron chi connectivity index (χ2n) is 3.16. The van der Waals surface area contributed by atoms with Crippen LogP contribution in [0.1, 0.15) is 18.0 Å². The lowest BCUT2D eigenvalue weighted by molar-refractivity contribution is 0.274. The van der Waals surface area contributed by atoms with Gasteiger partial charge >= 0.3 is 0 Å². The van der Waals surface area contributed by atoms with Crippen LogP contribution in [0.5, 0.6) is 11.5 Å². The van der Waals surface area contributed by atoms with Crippen molar-refractivity contribution in [3.8, 4) is 11.5 Å². The molecule has 0 saturated carbocycles. The van der Waals surface area contributed by atoms with Crippen molar-refractivity contribution in [1.82, 2.24) is 0 Å². The fourth-order valence-corrected chi connectivity index (χ4v) is 1.33. The Balaban J connectivity index is 0.00000225. The topological polar surface area (TPSA) is 75.7 Å². The molecule has 0 aliphatic rings. The number of hydrogen-bond acceptors (Lipinski definition) is 4. The number of methoxy groups -OCH3 is 1. The zero-order chi connectivity index (χ0) is 11.4. The molecule has 0 bridgehead atoms. The van der Waals surface area contributed by atoms with E-state index in [1.807, 2.05) is 0 Å². The molecule has 0 radical (unpaired) electrons. The predicted molar refractivity (Wildman–Crippen MR) is 60.5 cm³/mol. The van der Waals surface area contributed by atoms with Gasteiger partial charge in [0, 0.05) is 24.3 Å². The van der Waals surface area contributed by atoms with Gasteiger partial charge in [0.05, 0.1) is 7.11 Å². The Morgan fingerprint density at radius 2 is 2.12 bits per heavy atom. The largest absolute Gasteiger partial charge is 0.504 e. The number of phenols is 1. The Morgan fingerprint density at radius 3 is 2.62 bits per heavy atom. The molecule has 0 saturated heterocycles. The molecule has 92 valence electrons. The molecular weight excluding hydrogens is 237 g/mol. The molecule has 0 aliphatic heterocycles. The summed E-state index contributed by atoms with van der Waals surface area (Å²) in [6.45, 7) is -0.126. The van der Waals surface area contributed by atoms with Crippen LogP contribution in [0.2, 0.25) is 0 Å². The maximum absolute atomic E-state index is 13.1. The first-order valence-corrected chi connectivity index (χ1v) is 4.53. The number of rotatable bonds is 4. The highest BCUT2D eigenvalue weighted by molar-refractivity contribution is 5.85. The molecule has 1 rings (SSSR count). The second kappa shape index (κ2) is 6.52. The van der Waals surface area contributed by atoms with Crippen LogP contribution in [0.3, 0.4) is 0 Å². The molecule has 0 fully saturated rings. The van der Waals surface area contributed by atoms with Crippen LogP contribution in [-0.4, -0.2) is 23.9 Å². The van der Waals surface area contributed by atoms with Gasteiger partial charge in [-0.2, -0.15) is 0 Å². The third-order valence-electron chi connectivity index (χ3n) is 2.13. The van der Waals surface area contributed by atoms with Crippen LogP contribution in [-0.2, 0) is 0 Å². The average molecular weight is 252 g/mol. The second-order valence-corrected chi connectivity index (χ2v) is 3.16. The third kappa shape index (κ3) is 3.23. The highest BCUT2D eigenvalue weighted by atomic mass is 35.5. The normalized spacial score (nSPS) is 11.8. The summed E-state index contributed by atoms with van der Waals surface area (Å²) in [7, 11) is 1.33. The van der Waals surface area contributed by atoms with Crippen molar-refractivity contribution in [3.63, 3.8) is 0 Å². The number of nitrogens with two attached hydrogens (primary N) is 1. The Labute approximate surface area is 99.3 Å². The van der Waals surface area contributed by atoms with Crippen molar-refractivity contribution < 1.29 is 19.3 Å². The highest BCUT2D eigenvalue weighted by Crippen LogP contribution is 2.34. The van der Waals surface area contributed by atoms with Gasteiger partial charge in [-0.25, -0.2) is 4.39 Å². The fraction of sp³-hybridized carbons (Fsp3) is 0.400. The van der Waals surface area contributed by atoms with Crippen molar-refractivity contribution in [2.24, 2.45) is 5.73 Å². The van der Waals surface area contributed by atoms with Gasteiger partial charge in [-0.3, -0.25) is 0 Å². The average Bonchev–Trinajstić information content (AvgIpc) is 2.21. The summed E-state index contributed by atoms with van der Waals surface area (Å²) in [5, 5.41) is 18.4. The Bertz CT molecular complexity index is 349. The maximum atomic E-state index is 13.1. The van der Waals surface area contributed by atoms with E-state index in [0.29, 0.717) is 0 Å². The molecule has 4 nitrogen and oxygen atoms in total. The number of aliphatic hydroxyl groups excluding tert-OH is 1. The zero-order valence-corrected chi connectivity index (χ0v) is 9.63. The Morgan fingerprint density at radius 1 is 1.50 bits per heavy atom. The number of phenolic OH excluding ortho intramolecular Hbond substituents is 1. The first-order valence-electron chi connectivity index (χ1n) is 4.53. The van der Waals surface area contributed by atoms with E-state index in [2.05, 4.69) is 0 Å². The smallest absolute Gasteiger partial charge is 0.163 e. The van der Waals surface area contributed by atoms with E-state index in [9.17, 15) is 9.50 Å². The van der Waals surface area contributed by atoms with Crippen LogP contribution >= 0.6 is 12.4 Å². The van der Waals surface area contributed by atoms with Crippen LogP contribution in [0, 0.1) is 5.82 Å². The molecule has 4 N–H and O–H groups in total. The van der Waals surface area contributed by atoms with Gasteiger partial charge in [0.2, 0.25) is 0 Å². The summed E-state index contributed by atoms with van der Waals surface area (Å²) in [5.74, 6) is -0.675. The van der Waals surface area contributed by atoms with E-state index in [0.717, 1.165) is 12.1 Å². The minimum absolute atomic E-state index is 0. The minimum atomic E-state index is -0.611. The van der Waals surface area contributed by atoms with Crippen molar-refractivity contribution in [3.05, 3.63) is 23.5 Å². The van der Waals surface area contributed by atoms with Crippen LogP contribution < -0.4 is 10.5 Å². The first kappa shape index (κ1) is 15.0. The molecule has 0 heterocycles. The number of halogens is 2. The first-order chi connectivity index (χ1) is 7.10. The molecule has 1 atom stereocenters. The van der Waals surface area contributed by atoms with E-state index in [1.54, 1.807) is 0 Å². The van der Waals surface area contributed by atoms with E-state index in [-0.39, 0.29) is 42.5 Å². The number of aromatic hydroxyl groups is 1. The summed E-state index contributed by atoms with van der Waals surface area (Å²) in [6, 6.07) is 1.60. The van der Waals surface area contributed by atoms with Crippen LogP contribution in [0.4, 0.5) is 4.39 Å². The quantitative estimate of drug-likeness (QED) is 0.755. The van der Waals surface area contributed by atoms with Crippen LogP contribution in [0.15, 0.2) is 12.1 Å². The Kier molecular flexibility index (Phi) is 6.10. The van der Waals surface area contributed by atoms with Gasteiger partial charge < -0.3 is 20.7 Å². The zero-order valence-electron chi connectivity index (χ0n) is 8.81. The molecular formula is C10H15ClFNO3. The van der Waals surface area contributed by atoms with E-state index >= 15 is 0 Å². The molecule has 0 aliphatic carbocycles. The third-order valence-corrected chi connectivity index (χ3v) is 2.13. The summed E-state index contributed by atoms with van der Waals surface area (Å²) < 4.78 is 17.9. The van der Waals surface area contributed by atoms with Gasteiger partial charge in [0.1, 0.15) is 5.82 Å². The molecule has 16 heavy (non-hydrogen) atoms. The number of benzene rings is 1. The van der Waals surface area contributed by atoms with Crippen molar-refractivity contribution in [2.45, 2.75) is 12.5 Å². The number of hydrogen-bond donors (Lipinski definition) is 3. The van der Waals surface area contributed by atoms with Gasteiger partial charge in [-0.1, -0.05) is 0 Å². The number of aliphatic hydroxyl groups is 1. The van der Waals surface area contributed by atoms with Crippen LogP contribution in [0.25, 0.3) is 0 Å². The highest BCUT2D eigenvalue weighted by Gasteiger charge is 2.16. The van der Waals surface area contributed by atoms with Crippen molar-refractivity contribution >= 4 is 12.4 Å². The summed E-state index contributed by atoms with van der Waals surface area (Å²) in [6.07, 6.45) is 0.250. The van der Waals surface area contributed by atoms with E-state index in [1.165, 1.54) is 7.11 Å². The molecule has 0 spiro atoms. The minimum Gasteiger partial charge on any atom is -0.504 e. The van der Waals surface area contributed by atoms with E-state index < -0.39 is 11.9 Å². The summed E-state index contributed by atoms with van der Waals surface area (Å²) in [5.41, 5.74) is 5.89. The maximum Gasteiger partial charge on any atom is 0.163 e. The molecule has 6 heteroatoms. The summed E-state index contributed by atoms with van der Waals surface area (Å²) in [4.78, 5) is 0. The monoisotopic (exact) mass is 251 g/mol. The molecule has 0 amide bonds. The standard InChI is InChI=1S/C10H14FNO3.ClH/c1-15-9-5-6(11)4-7(10(9)14)8(12)2-3-13;/h4-5,8,13-14H,2-3,12H2,1H3;1H/t8-;/m1./s1. The van der Waals surface area contributed by atoms with Gasteiger partial charge in [-0.05, 0) is 12.5 Å². The van der Waals surface area contributed by atoms with Gasteiger partial charge in [-0.15, -0.1) is 12.4 Å². The summed E-state index contributed by atoms with van der Waals surface area (Å²) >= 11 is 0. The Hall–Kier alpha value is -1.04. The van der Waals surface area contributed by atoms with E-state index in [4.69, 9.17) is 15.6 Å².